The first-order valence-corrected chi connectivity index (χ1v) is 6.22. The standard InChI is InChI=1S/C12H19N5O5/c1-15-12(14)16-5-8(7-18)4-10(20)17(3-2-13)6-9(19)11(21)22/h5,7H,2-4,6,13H2,1H3,(H,21,22)(H3,14,15,16)/b8-5-. The molecule has 0 spiro atoms. The zero-order valence-electron chi connectivity index (χ0n) is 12.1. The van der Waals surface area contributed by atoms with E-state index in [2.05, 4.69) is 10.3 Å². The van der Waals surface area contributed by atoms with Gasteiger partial charge in [-0.3, -0.25) is 19.4 Å². The second kappa shape index (κ2) is 10.0. The molecular formula is C12H19N5O5. The maximum atomic E-state index is 12.0. The number of nitrogens with zero attached hydrogens (tertiary/aromatic N) is 2. The molecule has 1 amide bonds. The van der Waals surface area contributed by atoms with E-state index in [9.17, 15) is 19.2 Å². The summed E-state index contributed by atoms with van der Waals surface area (Å²) in [6.45, 7) is -0.564. The Hall–Kier alpha value is -2.75. The molecular weight excluding hydrogens is 294 g/mol. The van der Waals surface area contributed by atoms with Crippen molar-refractivity contribution in [1.29, 1.82) is 0 Å². The molecule has 0 aromatic heterocycles. The lowest BCUT2D eigenvalue weighted by Crippen LogP contribution is -2.41. The molecule has 0 rings (SSSR count). The fourth-order valence-electron chi connectivity index (χ4n) is 1.33. The molecule has 0 saturated carbocycles. The number of carbonyl (C=O) groups excluding carboxylic acids is 3. The van der Waals surface area contributed by atoms with Crippen LogP contribution in [-0.2, 0) is 19.2 Å². The van der Waals surface area contributed by atoms with Crippen molar-refractivity contribution in [3.05, 3.63) is 11.8 Å². The summed E-state index contributed by atoms with van der Waals surface area (Å²) in [6.07, 6.45) is 1.31. The molecule has 0 heterocycles. The molecule has 0 aliphatic rings. The number of hydrogen-bond donors (Lipinski definition) is 4. The molecule has 22 heavy (non-hydrogen) atoms. The average molecular weight is 313 g/mol. The molecule has 10 heteroatoms. The van der Waals surface area contributed by atoms with Crippen molar-refractivity contribution in [3.8, 4) is 0 Å². The van der Waals surface area contributed by atoms with Crippen LogP contribution in [0.5, 0.6) is 0 Å². The van der Waals surface area contributed by atoms with Crippen molar-refractivity contribution >= 4 is 29.9 Å². The molecule has 0 radical (unpaired) electrons. The van der Waals surface area contributed by atoms with Crippen molar-refractivity contribution in [3.63, 3.8) is 0 Å². The Morgan fingerprint density at radius 1 is 1.36 bits per heavy atom. The summed E-state index contributed by atoms with van der Waals surface area (Å²) in [5.41, 5.74) is 10.7. The van der Waals surface area contributed by atoms with Gasteiger partial charge in [0.05, 0.1) is 13.0 Å². The lowest BCUT2D eigenvalue weighted by molar-refractivity contribution is -0.150. The van der Waals surface area contributed by atoms with E-state index in [1.807, 2.05) is 0 Å². The molecule has 0 aliphatic carbocycles. The normalized spacial score (nSPS) is 11.7. The quantitative estimate of drug-likeness (QED) is 0.118. The minimum absolute atomic E-state index is 0.00399. The summed E-state index contributed by atoms with van der Waals surface area (Å²) < 4.78 is 0. The fourth-order valence-corrected chi connectivity index (χ4v) is 1.33. The van der Waals surface area contributed by atoms with Gasteiger partial charge in [0.25, 0.3) is 5.78 Å². The maximum Gasteiger partial charge on any atom is 0.374 e. The van der Waals surface area contributed by atoms with Crippen molar-refractivity contribution in [1.82, 2.24) is 10.2 Å². The van der Waals surface area contributed by atoms with Crippen molar-refractivity contribution < 1.29 is 24.3 Å². The number of hydrogen-bond acceptors (Lipinski definition) is 6. The molecule has 0 bridgehead atoms. The van der Waals surface area contributed by atoms with Crippen LogP contribution < -0.4 is 16.8 Å². The molecule has 0 aliphatic heterocycles. The van der Waals surface area contributed by atoms with Gasteiger partial charge < -0.3 is 26.8 Å². The van der Waals surface area contributed by atoms with Gasteiger partial charge in [0.15, 0.2) is 5.96 Å². The lowest BCUT2D eigenvalue weighted by Gasteiger charge is -2.20. The van der Waals surface area contributed by atoms with Gasteiger partial charge in [0.1, 0.15) is 6.29 Å². The van der Waals surface area contributed by atoms with Gasteiger partial charge in [0, 0.05) is 31.9 Å². The minimum atomic E-state index is -1.64. The first-order valence-electron chi connectivity index (χ1n) is 6.22. The SMILES string of the molecule is CN=C(N)N/C=C(\C=O)CC(=O)N(CCN)CC(=O)C(=O)O. The number of carboxylic acids is 1. The van der Waals surface area contributed by atoms with Gasteiger partial charge in [-0.2, -0.15) is 0 Å². The molecule has 0 saturated heterocycles. The Morgan fingerprint density at radius 2 is 2.00 bits per heavy atom. The van der Waals surface area contributed by atoms with Gasteiger partial charge in [-0.15, -0.1) is 0 Å². The van der Waals surface area contributed by atoms with Crippen LogP contribution in [0.25, 0.3) is 0 Å². The van der Waals surface area contributed by atoms with E-state index >= 15 is 0 Å². The van der Waals surface area contributed by atoms with Crippen LogP contribution >= 0.6 is 0 Å². The average Bonchev–Trinajstić information content (AvgIpc) is 2.49. The lowest BCUT2D eigenvalue weighted by atomic mass is 10.2. The highest BCUT2D eigenvalue weighted by molar-refractivity contribution is 6.33. The monoisotopic (exact) mass is 313 g/mol. The van der Waals surface area contributed by atoms with E-state index in [4.69, 9.17) is 16.6 Å². The first kappa shape index (κ1) is 19.2. The van der Waals surface area contributed by atoms with Gasteiger partial charge in [0.2, 0.25) is 5.91 Å². The third-order valence-electron chi connectivity index (χ3n) is 2.48. The predicted molar refractivity (Wildman–Crippen MR) is 77.7 cm³/mol. The van der Waals surface area contributed by atoms with Crippen LogP contribution in [0, 0.1) is 0 Å². The number of Topliss-reactive ketones (excluding diaryl/α,β-unsaturated/α-hetero) is 1. The van der Waals surface area contributed by atoms with Crippen LogP contribution in [-0.4, -0.2) is 66.6 Å². The highest BCUT2D eigenvalue weighted by Gasteiger charge is 2.21. The minimum Gasteiger partial charge on any atom is -0.475 e. The molecule has 0 aromatic carbocycles. The number of carboxylic acid groups (broad SMARTS) is 1. The summed E-state index contributed by atoms with van der Waals surface area (Å²) in [6, 6.07) is 0. The Labute approximate surface area is 126 Å². The number of aliphatic carboxylic acids is 1. The number of aliphatic imine (C=N–C) groups is 1. The Bertz CT molecular complexity index is 500. The summed E-state index contributed by atoms with van der Waals surface area (Å²) >= 11 is 0. The largest absolute Gasteiger partial charge is 0.475 e. The summed E-state index contributed by atoms with van der Waals surface area (Å²) in [7, 11) is 1.43. The molecule has 0 fully saturated rings. The summed E-state index contributed by atoms with van der Waals surface area (Å²) in [4.78, 5) is 49.2. The highest BCUT2D eigenvalue weighted by atomic mass is 16.4. The van der Waals surface area contributed by atoms with Gasteiger partial charge in [-0.1, -0.05) is 0 Å². The smallest absolute Gasteiger partial charge is 0.374 e. The third-order valence-corrected chi connectivity index (χ3v) is 2.48. The van der Waals surface area contributed by atoms with Crippen molar-refractivity contribution in [2.45, 2.75) is 6.42 Å². The summed E-state index contributed by atoms with van der Waals surface area (Å²) in [5, 5.41) is 11.1. The topological polar surface area (TPSA) is 168 Å². The molecule has 122 valence electrons. The number of guanidine groups is 1. The molecule has 6 N–H and O–H groups in total. The van der Waals surface area contributed by atoms with E-state index in [0.29, 0.717) is 6.29 Å². The van der Waals surface area contributed by atoms with E-state index in [1.165, 1.54) is 13.2 Å². The van der Waals surface area contributed by atoms with E-state index in [0.717, 1.165) is 4.90 Å². The molecule has 0 unspecified atom stereocenters. The number of nitrogens with one attached hydrogen (secondary N) is 1. The van der Waals surface area contributed by atoms with Crippen molar-refractivity contribution in [2.75, 3.05) is 26.7 Å². The Balaban J connectivity index is 4.88. The fraction of sp³-hybridized carbons (Fsp3) is 0.417. The number of ketones is 1. The van der Waals surface area contributed by atoms with Crippen LogP contribution in [0.3, 0.4) is 0 Å². The van der Waals surface area contributed by atoms with Crippen LogP contribution in [0.4, 0.5) is 0 Å². The third kappa shape index (κ3) is 7.14. The number of carbonyl (C=O) groups is 4. The molecule has 10 nitrogen and oxygen atoms in total. The number of rotatable bonds is 9. The van der Waals surface area contributed by atoms with Crippen LogP contribution in [0.15, 0.2) is 16.8 Å². The molecule has 0 atom stereocenters. The highest BCUT2D eigenvalue weighted by Crippen LogP contribution is 2.02. The Kier molecular flexibility index (Phi) is 8.79. The van der Waals surface area contributed by atoms with Gasteiger partial charge >= 0.3 is 5.97 Å². The Morgan fingerprint density at radius 3 is 2.45 bits per heavy atom. The van der Waals surface area contributed by atoms with E-state index < -0.39 is 24.2 Å². The second-order valence-corrected chi connectivity index (χ2v) is 4.10. The first-order chi connectivity index (χ1) is 10.3. The number of amides is 1. The zero-order chi connectivity index (χ0) is 17.1. The van der Waals surface area contributed by atoms with Crippen LogP contribution in [0.1, 0.15) is 6.42 Å². The van der Waals surface area contributed by atoms with E-state index in [-0.39, 0.29) is 31.0 Å². The predicted octanol–water partition coefficient (Wildman–Crippen LogP) is -2.57. The second-order valence-electron chi connectivity index (χ2n) is 4.10. The number of aldehydes is 1. The van der Waals surface area contributed by atoms with Crippen LogP contribution in [0.2, 0.25) is 0 Å². The van der Waals surface area contributed by atoms with Crippen molar-refractivity contribution in [2.24, 2.45) is 16.5 Å². The molecule has 0 aromatic rings. The van der Waals surface area contributed by atoms with Gasteiger partial charge in [-0.05, 0) is 0 Å². The number of nitrogens with two attached hydrogens (primary N) is 2. The van der Waals surface area contributed by atoms with E-state index in [1.54, 1.807) is 0 Å². The zero-order valence-corrected chi connectivity index (χ0v) is 12.1. The van der Waals surface area contributed by atoms with Gasteiger partial charge in [-0.25, -0.2) is 4.79 Å². The maximum absolute atomic E-state index is 12.0. The summed E-state index contributed by atoms with van der Waals surface area (Å²) in [5.74, 6) is -3.34.